The molecular formula is C15H10BrN5O. The number of aromatic nitrogens is 3. The third kappa shape index (κ3) is 2.69. The highest BCUT2D eigenvalue weighted by molar-refractivity contribution is 9.10. The van der Waals surface area contributed by atoms with Crippen LogP contribution in [0.15, 0.2) is 35.1 Å². The zero-order valence-corrected chi connectivity index (χ0v) is 13.1. The molecule has 3 aromatic rings. The van der Waals surface area contributed by atoms with Gasteiger partial charge in [-0.1, -0.05) is 0 Å². The minimum absolute atomic E-state index is 0.182. The second-order valence-electron chi connectivity index (χ2n) is 4.66. The lowest BCUT2D eigenvalue weighted by Crippen LogP contribution is -2.07. The van der Waals surface area contributed by atoms with Crippen LogP contribution in [0.4, 0.5) is 5.82 Å². The van der Waals surface area contributed by atoms with Crippen molar-refractivity contribution in [2.75, 3.05) is 5.32 Å². The van der Waals surface area contributed by atoms with Gasteiger partial charge in [-0.2, -0.15) is 5.26 Å². The number of aromatic amines is 1. The van der Waals surface area contributed by atoms with Crippen molar-refractivity contribution in [2.24, 2.45) is 0 Å². The highest BCUT2D eigenvalue weighted by Crippen LogP contribution is 2.27. The molecule has 108 valence electrons. The van der Waals surface area contributed by atoms with Crippen LogP contribution in [0.2, 0.25) is 0 Å². The molecule has 0 aliphatic heterocycles. The number of halogens is 1. The van der Waals surface area contributed by atoms with E-state index in [0.717, 1.165) is 11.3 Å². The average Bonchev–Trinajstić information content (AvgIpc) is 2.89. The molecule has 3 heterocycles. The van der Waals surface area contributed by atoms with E-state index in [1.165, 1.54) is 6.92 Å². The minimum Gasteiger partial charge on any atom is -0.352 e. The quantitative estimate of drug-likeness (QED) is 0.690. The zero-order chi connectivity index (χ0) is 15.7. The Balaban J connectivity index is 2.11. The molecule has 1 amide bonds. The number of rotatable bonds is 2. The van der Waals surface area contributed by atoms with E-state index in [1.54, 1.807) is 18.3 Å². The summed E-state index contributed by atoms with van der Waals surface area (Å²) >= 11 is 3.29. The number of carbonyl (C=O) groups excluding carboxylic acids is 1. The number of carbonyl (C=O) groups is 1. The van der Waals surface area contributed by atoms with E-state index in [-0.39, 0.29) is 5.91 Å². The van der Waals surface area contributed by atoms with Crippen molar-refractivity contribution in [2.45, 2.75) is 6.92 Å². The predicted octanol–water partition coefficient (Wildman–Crippen LogP) is 3.22. The Hall–Kier alpha value is -2.72. The summed E-state index contributed by atoms with van der Waals surface area (Å²) in [5.74, 6) is 0.289. The van der Waals surface area contributed by atoms with E-state index >= 15 is 0 Å². The maximum absolute atomic E-state index is 11.1. The molecule has 0 saturated carbocycles. The van der Waals surface area contributed by atoms with Gasteiger partial charge in [-0.15, -0.1) is 0 Å². The second kappa shape index (κ2) is 5.58. The summed E-state index contributed by atoms with van der Waals surface area (Å²) < 4.78 is 0.607. The number of hydrogen-bond acceptors (Lipinski definition) is 4. The molecule has 22 heavy (non-hydrogen) atoms. The third-order valence-corrected chi connectivity index (χ3v) is 3.46. The number of nitrogens with one attached hydrogen (secondary N) is 2. The van der Waals surface area contributed by atoms with Crippen molar-refractivity contribution < 1.29 is 4.79 Å². The number of pyridine rings is 2. The normalized spacial score (nSPS) is 10.4. The molecule has 2 N–H and O–H groups in total. The number of nitrogens with zero attached hydrogens (tertiary/aromatic N) is 3. The number of fused-ring (bicyclic) bond motifs is 1. The molecule has 0 atom stereocenters. The number of H-pyrrole nitrogens is 1. The first-order chi connectivity index (χ1) is 10.6. The van der Waals surface area contributed by atoms with Crippen molar-refractivity contribution >= 4 is 38.7 Å². The number of anilines is 1. The lowest BCUT2D eigenvalue weighted by atomic mass is 10.2. The summed E-state index contributed by atoms with van der Waals surface area (Å²) in [4.78, 5) is 22.7. The highest BCUT2D eigenvalue weighted by atomic mass is 79.9. The van der Waals surface area contributed by atoms with Gasteiger partial charge in [0.15, 0.2) is 0 Å². The van der Waals surface area contributed by atoms with E-state index in [9.17, 15) is 10.1 Å². The summed E-state index contributed by atoms with van der Waals surface area (Å²) in [7, 11) is 0. The monoisotopic (exact) mass is 355 g/mol. The van der Waals surface area contributed by atoms with E-state index in [1.807, 2.05) is 12.1 Å². The summed E-state index contributed by atoms with van der Waals surface area (Å²) in [6.45, 7) is 1.43. The Morgan fingerprint density at radius 1 is 1.41 bits per heavy atom. The van der Waals surface area contributed by atoms with Gasteiger partial charge in [-0.05, 0) is 40.2 Å². The maximum atomic E-state index is 11.1. The van der Waals surface area contributed by atoms with Crippen LogP contribution in [0.1, 0.15) is 12.5 Å². The number of hydrogen-bond donors (Lipinski definition) is 2. The molecular weight excluding hydrogens is 346 g/mol. The van der Waals surface area contributed by atoms with Gasteiger partial charge in [-0.25, -0.2) is 9.97 Å². The Kier molecular flexibility index (Phi) is 3.61. The molecule has 0 spiro atoms. The van der Waals surface area contributed by atoms with Gasteiger partial charge in [0, 0.05) is 24.4 Å². The minimum atomic E-state index is -0.182. The van der Waals surface area contributed by atoms with Gasteiger partial charge >= 0.3 is 0 Å². The maximum Gasteiger partial charge on any atom is 0.222 e. The third-order valence-electron chi connectivity index (χ3n) is 3.05. The first kappa shape index (κ1) is 14.2. The molecule has 0 saturated heterocycles. The Morgan fingerprint density at radius 2 is 2.23 bits per heavy atom. The van der Waals surface area contributed by atoms with Crippen molar-refractivity contribution in [1.29, 1.82) is 5.26 Å². The van der Waals surface area contributed by atoms with Crippen LogP contribution >= 0.6 is 15.9 Å². The Labute approximate surface area is 134 Å². The van der Waals surface area contributed by atoms with Crippen molar-refractivity contribution in [3.8, 4) is 17.3 Å². The van der Waals surface area contributed by atoms with Crippen LogP contribution in [-0.4, -0.2) is 20.9 Å². The van der Waals surface area contributed by atoms with E-state index < -0.39 is 0 Å². The smallest absolute Gasteiger partial charge is 0.222 e. The molecule has 0 unspecified atom stereocenters. The molecule has 6 nitrogen and oxygen atoms in total. The topological polar surface area (TPSA) is 94.5 Å². The molecule has 0 bridgehead atoms. The fourth-order valence-corrected chi connectivity index (χ4v) is 2.59. The largest absolute Gasteiger partial charge is 0.352 e. The first-order valence-electron chi connectivity index (χ1n) is 6.40. The highest BCUT2D eigenvalue weighted by Gasteiger charge is 2.10. The van der Waals surface area contributed by atoms with Crippen molar-refractivity contribution in [3.05, 3.63) is 40.6 Å². The van der Waals surface area contributed by atoms with Crippen LogP contribution < -0.4 is 5.32 Å². The Morgan fingerprint density at radius 3 is 2.95 bits per heavy atom. The van der Waals surface area contributed by atoms with E-state index in [2.05, 4.69) is 42.3 Å². The number of amides is 1. The van der Waals surface area contributed by atoms with Crippen LogP contribution in [-0.2, 0) is 4.79 Å². The van der Waals surface area contributed by atoms with E-state index in [0.29, 0.717) is 27.0 Å². The summed E-state index contributed by atoms with van der Waals surface area (Å²) in [5, 5.41) is 11.8. The van der Waals surface area contributed by atoms with Gasteiger partial charge in [0.25, 0.3) is 0 Å². The van der Waals surface area contributed by atoms with Crippen LogP contribution in [0.3, 0.4) is 0 Å². The molecule has 0 aromatic carbocycles. The van der Waals surface area contributed by atoms with Crippen molar-refractivity contribution in [1.82, 2.24) is 15.0 Å². The van der Waals surface area contributed by atoms with Crippen LogP contribution in [0, 0.1) is 11.3 Å². The SMILES string of the molecule is CC(=O)Nc1cc(-c2cc3nc(Br)cc(C#N)c3[nH]2)ccn1. The molecule has 3 rings (SSSR count). The van der Waals surface area contributed by atoms with Crippen molar-refractivity contribution in [3.63, 3.8) is 0 Å². The summed E-state index contributed by atoms with van der Waals surface area (Å²) in [5.41, 5.74) is 3.53. The molecule has 7 heteroatoms. The molecule has 0 aliphatic rings. The predicted molar refractivity (Wildman–Crippen MR) is 86.0 cm³/mol. The van der Waals surface area contributed by atoms with Gasteiger partial charge in [0.1, 0.15) is 16.5 Å². The van der Waals surface area contributed by atoms with Gasteiger partial charge in [0.2, 0.25) is 5.91 Å². The molecule has 0 aliphatic carbocycles. The lowest BCUT2D eigenvalue weighted by molar-refractivity contribution is -0.114. The second-order valence-corrected chi connectivity index (χ2v) is 5.47. The average molecular weight is 356 g/mol. The van der Waals surface area contributed by atoms with E-state index in [4.69, 9.17) is 0 Å². The molecule has 0 fully saturated rings. The fourth-order valence-electron chi connectivity index (χ4n) is 2.17. The van der Waals surface area contributed by atoms with Gasteiger partial charge in [-0.3, -0.25) is 4.79 Å². The van der Waals surface area contributed by atoms with Gasteiger partial charge < -0.3 is 10.3 Å². The summed E-state index contributed by atoms with van der Waals surface area (Å²) in [6.07, 6.45) is 1.61. The summed E-state index contributed by atoms with van der Waals surface area (Å²) in [6, 6.07) is 9.24. The molecule has 0 radical (unpaired) electrons. The van der Waals surface area contributed by atoms with Crippen LogP contribution in [0.5, 0.6) is 0 Å². The number of nitriles is 1. The first-order valence-corrected chi connectivity index (χ1v) is 7.19. The van der Waals surface area contributed by atoms with Gasteiger partial charge in [0.05, 0.1) is 16.6 Å². The lowest BCUT2D eigenvalue weighted by Gasteiger charge is -2.03. The molecule has 3 aromatic heterocycles. The van der Waals surface area contributed by atoms with Crippen LogP contribution in [0.25, 0.3) is 22.3 Å². The standard InChI is InChI=1S/C15H10BrN5O/c1-8(22)19-14-5-9(2-3-18-14)11-6-12-15(21-11)10(7-17)4-13(16)20-12/h2-6,21H,1H3,(H,18,19,22). The zero-order valence-electron chi connectivity index (χ0n) is 11.5. The fraction of sp³-hybridized carbons (Fsp3) is 0.0667. The Bertz CT molecular complexity index is 925.